The van der Waals surface area contributed by atoms with Crippen LogP contribution in [0.25, 0.3) is 0 Å². The fourth-order valence-electron chi connectivity index (χ4n) is 4.98. The maximum atomic E-state index is 13.3. The molecule has 0 spiro atoms. The lowest BCUT2D eigenvalue weighted by Gasteiger charge is -2.42. The van der Waals surface area contributed by atoms with Gasteiger partial charge in [0.1, 0.15) is 0 Å². The van der Waals surface area contributed by atoms with E-state index in [-0.39, 0.29) is 23.9 Å². The van der Waals surface area contributed by atoms with E-state index in [0.29, 0.717) is 32.6 Å². The highest BCUT2D eigenvalue weighted by Gasteiger charge is 2.34. The second-order valence-corrected chi connectivity index (χ2v) is 9.81. The minimum Gasteiger partial charge on any atom is -0.338 e. The summed E-state index contributed by atoms with van der Waals surface area (Å²) in [6.45, 7) is 9.46. The lowest BCUT2D eigenvalue weighted by Crippen LogP contribution is -2.57. The van der Waals surface area contributed by atoms with Crippen LogP contribution in [0.15, 0.2) is 35.7 Å². The van der Waals surface area contributed by atoms with Gasteiger partial charge >= 0.3 is 0 Å². The molecule has 0 N–H and O–H groups in total. The molecular weight excluding hydrogens is 406 g/mol. The summed E-state index contributed by atoms with van der Waals surface area (Å²) >= 11 is 1.83. The van der Waals surface area contributed by atoms with Crippen molar-refractivity contribution in [3.8, 4) is 0 Å². The van der Waals surface area contributed by atoms with Crippen LogP contribution in [-0.2, 0) is 16.0 Å². The van der Waals surface area contributed by atoms with E-state index in [2.05, 4.69) is 54.5 Å². The Morgan fingerprint density at radius 2 is 1.87 bits per heavy atom. The molecule has 2 aromatic rings. The Bertz CT molecular complexity index is 940. The quantitative estimate of drug-likeness (QED) is 0.711. The van der Waals surface area contributed by atoms with Gasteiger partial charge in [0.25, 0.3) is 0 Å². The van der Waals surface area contributed by atoms with Gasteiger partial charge in [-0.25, -0.2) is 0 Å². The van der Waals surface area contributed by atoms with Crippen LogP contribution in [0.1, 0.15) is 54.3 Å². The second kappa shape index (κ2) is 9.53. The summed E-state index contributed by atoms with van der Waals surface area (Å²) in [5.74, 6) is 0.384. The second-order valence-electron chi connectivity index (χ2n) is 8.80. The number of aryl methyl sites for hydroxylation is 1. The summed E-state index contributed by atoms with van der Waals surface area (Å²) in [6, 6.07) is 11.0. The van der Waals surface area contributed by atoms with E-state index < -0.39 is 0 Å². The van der Waals surface area contributed by atoms with Crippen LogP contribution in [0.5, 0.6) is 0 Å². The fourth-order valence-corrected chi connectivity index (χ4v) is 5.89. The summed E-state index contributed by atoms with van der Waals surface area (Å²) in [4.78, 5) is 33.3. The minimum atomic E-state index is 0.0775. The van der Waals surface area contributed by atoms with Crippen molar-refractivity contribution in [2.75, 3.05) is 32.7 Å². The van der Waals surface area contributed by atoms with Gasteiger partial charge in [0.15, 0.2) is 0 Å². The zero-order valence-corrected chi connectivity index (χ0v) is 19.7. The van der Waals surface area contributed by atoms with Crippen molar-refractivity contribution in [2.45, 2.75) is 52.1 Å². The molecule has 0 radical (unpaired) electrons. The molecule has 1 aromatic heterocycles. The number of thiophene rings is 1. The van der Waals surface area contributed by atoms with Crippen LogP contribution in [0.4, 0.5) is 0 Å². The Labute approximate surface area is 189 Å². The Hall–Kier alpha value is -2.18. The summed E-state index contributed by atoms with van der Waals surface area (Å²) in [6.07, 6.45) is 2.45. The van der Waals surface area contributed by atoms with Crippen LogP contribution >= 0.6 is 11.3 Å². The van der Waals surface area contributed by atoms with Crippen LogP contribution < -0.4 is 0 Å². The maximum absolute atomic E-state index is 13.3. The number of hydrogen-bond acceptors (Lipinski definition) is 4. The molecule has 4 rings (SSSR count). The molecule has 1 fully saturated rings. The molecule has 0 bridgehead atoms. The SMILES string of the molecule is CCCC(=O)N1CCN(C(=O)CN2CCc3sccc3C2c2ccccc2C)CC1C. The topological polar surface area (TPSA) is 43.9 Å². The molecule has 2 aliphatic rings. The normalized spacial score (nSPS) is 21.8. The van der Waals surface area contributed by atoms with Crippen molar-refractivity contribution >= 4 is 23.2 Å². The summed E-state index contributed by atoms with van der Waals surface area (Å²) in [5.41, 5.74) is 3.90. The Balaban J connectivity index is 1.49. The number of amides is 2. The number of hydrogen-bond donors (Lipinski definition) is 0. The first-order valence-corrected chi connectivity index (χ1v) is 12.3. The smallest absolute Gasteiger partial charge is 0.236 e. The van der Waals surface area contributed by atoms with Crippen molar-refractivity contribution in [3.63, 3.8) is 0 Å². The van der Waals surface area contributed by atoms with Crippen molar-refractivity contribution in [1.82, 2.24) is 14.7 Å². The van der Waals surface area contributed by atoms with Crippen LogP contribution in [0, 0.1) is 6.92 Å². The molecule has 6 heteroatoms. The molecule has 1 aromatic carbocycles. The predicted octanol–water partition coefficient (Wildman–Crippen LogP) is 3.86. The van der Waals surface area contributed by atoms with E-state index in [1.807, 2.05) is 28.1 Å². The lowest BCUT2D eigenvalue weighted by atomic mass is 9.90. The van der Waals surface area contributed by atoms with Crippen molar-refractivity contribution in [1.29, 1.82) is 0 Å². The molecule has 1 saturated heterocycles. The van der Waals surface area contributed by atoms with Gasteiger partial charge in [-0.15, -0.1) is 11.3 Å². The van der Waals surface area contributed by atoms with E-state index in [0.717, 1.165) is 19.4 Å². The van der Waals surface area contributed by atoms with Gasteiger partial charge in [-0.05, 0) is 54.8 Å². The Morgan fingerprint density at radius 1 is 1.06 bits per heavy atom. The van der Waals surface area contributed by atoms with Gasteiger partial charge in [0.2, 0.25) is 11.8 Å². The van der Waals surface area contributed by atoms with Gasteiger partial charge in [0, 0.05) is 43.5 Å². The van der Waals surface area contributed by atoms with Gasteiger partial charge < -0.3 is 9.80 Å². The van der Waals surface area contributed by atoms with Crippen molar-refractivity contribution in [3.05, 3.63) is 57.3 Å². The molecular formula is C25H33N3O2S. The predicted molar refractivity (Wildman–Crippen MR) is 125 cm³/mol. The highest BCUT2D eigenvalue weighted by atomic mass is 32.1. The van der Waals surface area contributed by atoms with E-state index >= 15 is 0 Å². The zero-order chi connectivity index (χ0) is 22.0. The number of carbonyl (C=O) groups excluding carboxylic acids is 2. The summed E-state index contributed by atoms with van der Waals surface area (Å²) < 4.78 is 0. The maximum Gasteiger partial charge on any atom is 0.236 e. The summed E-state index contributed by atoms with van der Waals surface area (Å²) in [7, 11) is 0. The molecule has 5 nitrogen and oxygen atoms in total. The van der Waals surface area contributed by atoms with Crippen molar-refractivity contribution in [2.24, 2.45) is 0 Å². The van der Waals surface area contributed by atoms with Crippen molar-refractivity contribution < 1.29 is 9.59 Å². The number of benzene rings is 1. The monoisotopic (exact) mass is 439 g/mol. The lowest BCUT2D eigenvalue weighted by molar-refractivity contribution is -0.143. The molecule has 3 heterocycles. The number of piperazine rings is 1. The number of fused-ring (bicyclic) bond motifs is 1. The van der Waals surface area contributed by atoms with Crippen LogP contribution in [0.2, 0.25) is 0 Å². The zero-order valence-electron chi connectivity index (χ0n) is 18.8. The van der Waals surface area contributed by atoms with Gasteiger partial charge in [-0.1, -0.05) is 31.2 Å². The highest BCUT2D eigenvalue weighted by Crippen LogP contribution is 2.38. The molecule has 0 saturated carbocycles. The third-order valence-corrected chi connectivity index (χ3v) is 7.65. The minimum absolute atomic E-state index is 0.0775. The van der Waals surface area contributed by atoms with E-state index in [1.165, 1.54) is 21.6 Å². The standard InChI is InChI=1S/C25H33N3O2S/c1-4-7-23(29)28-14-13-26(16-19(28)3)24(30)17-27-12-10-22-21(11-15-31-22)25(27)20-9-6-5-8-18(20)2/h5-6,8-9,11,15,19,25H,4,7,10,12-14,16-17H2,1-3H3. The third kappa shape index (κ3) is 4.55. The molecule has 2 unspecified atom stereocenters. The third-order valence-electron chi connectivity index (χ3n) is 6.65. The molecule has 0 aliphatic carbocycles. The number of carbonyl (C=O) groups is 2. The fraction of sp³-hybridized carbons (Fsp3) is 0.520. The molecule has 2 atom stereocenters. The highest BCUT2D eigenvalue weighted by molar-refractivity contribution is 7.10. The molecule has 2 amide bonds. The van der Waals surface area contributed by atoms with Gasteiger partial charge in [0.05, 0.1) is 12.6 Å². The number of rotatable bonds is 5. The number of nitrogens with zero attached hydrogens (tertiary/aromatic N) is 3. The van der Waals surface area contributed by atoms with E-state index in [4.69, 9.17) is 0 Å². The Morgan fingerprint density at radius 3 is 2.61 bits per heavy atom. The average Bonchev–Trinajstić information content (AvgIpc) is 3.23. The first-order chi connectivity index (χ1) is 15.0. The Kier molecular flexibility index (Phi) is 6.77. The summed E-state index contributed by atoms with van der Waals surface area (Å²) in [5, 5.41) is 2.18. The van der Waals surface area contributed by atoms with Gasteiger partial charge in [-0.2, -0.15) is 0 Å². The van der Waals surface area contributed by atoms with Crippen LogP contribution in [0.3, 0.4) is 0 Å². The molecule has 166 valence electrons. The van der Waals surface area contributed by atoms with Gasteiger partial charge in [-0.3, -0.25) is 14.5 Å². The largest absolute Gasteiger partial charge is 0.338 e. The first-order valence-electron chi connectivity index (χ1n) is 11.4. The van der Waals surface area contributed by atoms with Crippen LogP contribution in [-0.4, -0.2) is 65.3 Å². The molecule has 31 heavy (non-hydrogen) atoms. The molecule has 2 aliphatic heterocycles. The first kappa shape index (κ1) is 22.0. The average molecular weight is 440 g/mol. The van der Waals surface area contributed by atoms with E-state index in [1.54, 1.807) is 0 Å². The van der Waals surface area contributed by atoms with E-state index in [9.17, 15) is 9.59 Å².